The van der Waals surface area contributed by atoms with E-state index in [4.69, 9.17) is 10.5 Å². The molecule has 1 aromatic heterocycles. The van der Waals surface area contributed by atoms with E-state index in [0.29, 0.717) is 5.39 Å². The van der Waals surface area contributed by atoms with Gasteiger partial charge in [-0.1, -0.05) is 24.3 Å². The van der Waals surface area contributed by atoms with E-state index in [9.17, 15) is 9.59 Å². The number of primary amides is 1. The molecule has 0 aliphatic carbocycles. The van der Waals surface area contributed by atoms with Crippen molar-refractivity contribution in [3.63, 3.8) is 0 Å². The van der Waals surface area contributed by atoms with Crippen LogP contribution < -0.4 is 5.73 Å². The topological polar surface area (TPSA) is 74.3 Å². The van der Waals surface area contributed by atoms with Gasteiger partial charge < -0.3 is 10.5 Å². The molecule has 0 spiro atoms. The number of benzene rings is 1. The van der Waals surface area contributed by atoms with Gasteiger partial charge in [0, 0.05) is 17.0 Å². The van der Waals surface area contributed by atoms with Crippen molar-refractivity contribution in [1.29, 1.82) is 0 Å². The molecular formula is C14H16N2O3. The minimum absolute atomic E-state index is 0.143. The van der Waals surface area contributed by atoms with E-state index in [1.54, 1.807) is 39.1 Å². The first-order valence-electron chi connectivity index (χ1n) is 5.93. The van der Waals surface area contributed by atoms with Gasteiger partial charge in [-0.25, -0.2) is 9.36 Å². The van der Waals surface area contributed by atoms with Crippen LogP contribution in [0.25, 0.3) is 10.8 Å². The maximum Gasteiger partial charge on any atom is 0.419 e. The van der Waals surface area contributed by atoms with Crippen LogP contribution in [0.4, 0.5) is 4.79 Å². The fraction of sp³-hybridized carbons (Fsp3) is 0.286. The van der Waals surface area contributed by atoms with Gasteiger partial charge in [-0.15, -0.1) is 0 Å². The monoisotopic (exact) mass is 260 g/mol. The van der Waals surface area contributed by atoms with Crippen LogP contribution in [0.3, 0.4) is 0 Å². The fourth-order valence-electron chi connectivity index (χ4n) is 1.87. The highest BCUT2D eigenvalue weighted by Gasteiger charge is 2.23. The number of fused-ring (bicyclic) bond motifs is 1. The second-order valence-corrected chi connectivity index (χ2v) is 5.28. The molecule has 19 heavy (non-hydrogen) atoms. The summed E-state index contributed by atoms with van der Waals surface area (Å²) in [6.45, 7) is 5.29. The van der Waals surface area contributed by atoms with Gasteiger partial charge in [-0.2, -0.15) is 0 Å². The third-order valence-electron chi connectivity index (χ3n) is 2.55. The van der Waals surface area contributed by atoms with E-state index in [-0.39, 0.29) is 5.69 Å². The van der Waals surface area contributed by atoms with Gasteiger partial charge in [0.1, 0.15) is 11.3 Å². The molecule has 0 aliphatic heterocycles. The molecule has 0 unspecified atom stereocenters. The molecule has 0 aliphatic rings. The van der Waals surface area contributed by atoms with Gasteiger partial charge in [0.15, 0.2) is 0 Å². The SMILES string of the molecule is CC(C)(C)OC(=O)n1cc2ccccc2c1C(N)=O. The Bertz CT molecular complexity index is 650. The summed E-state index contributed by atoms with van der Waals surface area (Å²) >= 11 is 0. The predicted octanol–water partition coefficient (Wildman–Crippen LogP) is 2.52. The van der Waals surface area contributed by atoms with Crippen LogP contribution in [0.15, 0.2) is 30.5 Å². The number of amides is 1. The lowest BCUT2D eigenvalue weighted by atomic mass is 10.2. The Kier molecular flexibility index (Phi) is 3.06. The molecule has 0 saturated carbocycles. The number of nitrogens with zero attached hydrogens (tertiary/aromatic N) is 1. The van der Waals surface area contributed by atoms with Crippen molar-refractivity contribution in [2.75, 3.05) is 0 Å². The third kappa shape index (κ3) is 2.59. The second kappa shape index (κ2) is 4.42. The van der Waals surface area contributed by atoms with E-state index >= 15 is 0 Å². The Hall–Kier alpha value is -2.30. The highest BCUT2D eigenvalue weighted by molar-refractivity contribution is 6.08. The number of hydrogen-bond acceptors (Lipinski definition) is 3. The minimum Gasteiger partial charge on any atom is -0.443 e. The molecule has 0 bridgehead atoms. The Labute approximate surface area is 110 Å². The second-order valence-electron chi connectivity index (χ2n) is 5.28. The number of carbonyl (C=O) groups is 2. The molecule has 100 valence electrons. The summed E-state index contributed by atoms with van der Waals surface area (Å²) in [5, 5.41) is 1.41. The summed E-state index contributed by atoms with van der Waals surface area (Å²) in [6, 6.07) is 7.17. The maximum absolute atomic E-state index is 12.1. The van der Waals surface area contributed by atoms with Gasteiger partial charge in [0.2, 0.25) is 0 Å². The molecular weight excluding hydrogens is 244 g/mol. The Morgan fingerprint density at radius 3 is 2.42 bits per heavy atom. The van der Waals surface area contributed by atoms with E-state index < -0.39 is 17.6 Å². The number of ether oxygens (including phenoxy) is 1. The van der Waals surface area contributed by atoms with Crippen molar-refractivity contribution in [3.8, 4) is 0 Å². The fourth-order valence-corrected chi connectivity index (χ4v) is 1.87. The molecule has 0 saturated heterocycles. The molecule has 1 heterocycles. The van der Waals surface area contributed by atoms with Crippen molar-refractivity contribution < 1.29 is 14.3 Å². The van der Waals surface area contributed by atoms with Crippen molar-refractivity contribution in [1.82, 2.24) is 4.57 Å². The minimum atomic E-state index is -0.660. The Morgan fingerprint density at radius 2 is 1.84 bits per heavy atom. The molecule has 2 aromatic rings. The number of carbonyl (C=O) groups excluding carboxylic acids is 2. The van der Waals surface area contributed by atoms with Gasteiger partial charge >= 0.3 is 6.09 Å². The zero-order chi connectivity index (χ0) is 14.2. The van der Waals surface area contributed by atoms with E-state index in [1.807, 2.05) is 12.1 Å². The summed E-state index contributed by atoms with van der Waals surface area (Å²) in [6.07, 6.45) is 0.946. The average Bonchev–Trinajstić information content (AvgIpc) is 2.65. The van der Waals surface area contributed by atoms with Crippen molar-refractivity contribution >= 4 is 22.8 Å². The average molecular weight is 260 g/mol. The number of aromatic nitrogens is 1. The van der Waals surface area contributed by atoms with Crippen molar-refractivity contribution in [3.05, 3.63) is 36.2 Å². The van der Waals surface area contributed by atoms with Crippen LogP contribution in [0.2, 0.25) is 0 Å². The Balaban J connectivity index is 2.57. The number of hydrogen-bond donors (Lipinski definition) is 1. The van der Waals surface area contributed by atoms with E-state index in [2.05, 4.69) is 0 Å². The van der Waals surface area contributed by atoms with Crippen LogP contribution in [0.1, 0.15) is 31.3 Å². The zero-order valence-corrected chi connectivity index (χ0v) is 11.1. The largest absolute Gasteiger partial charge is 0.443 e. The lowest BCUT2D eigenvalue weighted by molar-refractivity contribution is 0.0529. The summed E-state index contributed by atoms with van der Waals surface area (Å²) in [5.74, 6) is -0.660. The number of nitrogens with two attached hydrogens (primary N) is 1. The third-order valence-corrected chi connectivity index (χ3v) is 2.55. The first-order valence-corrected chi connectivity index (χ1v) is 5.93. The summed E-state index contributed by atoms with van der Waals surface area (Å²) < 4.78 is 6.43. The van der Waals surface area contributed by atoms with Crippen LogP contribution in [-0.2, 0) is 4.74 Å². The van der Waals surface area contributed by atoms with Gasteiger partial charge in [-0.3, -0.25) is 4.79 Å². The molecule has 2 rings (SSSR count). The highest BCUT2D eigenvalue weighted by atomic mass is 16.6. The van der Waals surface area contributed by atoms with Crippen LogP contribution in [0.5, 0.6) is 0 Å². The quantitative estimate of drug-likeness (QED) is 0.856. The predicted molar refractivity (Wildman–Crippen MR) is 72.1 cm³/mol. The molecule has 5 nitrogen and oxygen atoms in total. The van der Waals surface area contributed by atoms with Gasteiger partial charge in [0.25, 0.3) is 5.91 Å². The molecule has 0 atom stereocenters. The highest BCUT2D eigenvalue weighted by Crippen LogP contribution is 2.22. The molecule has 0 radical (unpaired) electrons. The first kappa shape index (κ1) is 13.1. The molecule has 2 N–H and O–H groups in total. The standard InChI is InChI=1S/C14H16N2O3/c1-14(2,3)19-13(18)16-8-9-6-4-5-7-10(9)11(16)12(15)17/h4-8H,1-3H3,(H2,15,17). The summed E-state index contributed by atoms with van der Waals surface area (Å²) in [4.78, 5) is 23.6. The molecule has 0 fully saturated rings. The van der Waals surface area contributed by atoms with Crippen LogP contribution in [-0.4, -0.2) is 22.2 Å². The molecule has 5 heteroatoms. The maximum atomic E-state index is 12.1. The van der Waals surface area contributed by atoms with Crippen molar-refractivity contribution in [2.24, 2.45) is 5.73 Å². The lowest BCUT2D eigenvalue weighted by Gasteiger charge is -2.20. The van der Waals surface area contributed by atoms with Crippen LogP contribution in [0, 0.1) is 0 Å². The first-order chi connectivity index (χ1) is 8.79. The Morgan fingerprint density at radius 1 is 1.21 bits per heavy atom. The molecule has 1 aromatic carbocycles. The summed E-state index contributed by atoms with van der Waals surface area (Å²) in [7, 11) is 0. The van der Waals surface area contributed by atoms with Gasteiger partial charge in [-0.05, 0) is 20.8 Å². The van der Waals surface area contributed by atoms with E-state index in [0.717, 1.165) is 9.95 Å². The van der Waals surface area contributed by atoms with Crippen LogP contribution >= 0.6 is 0 Å². The lowest BCUT2D eigenvalue weighted by Crippen LogP contribution is -2.29. The zero-order valence-electron chi connectivity index (χ0n) is 11.1. The number of rotatable bonds is 1. The van der Waals surface area contributed by atoms with Gasteiger partial charge in [0.05, 0.1) is 0 Å². The normalized spacial score (nSPS) is 11.5. The van der Waals surface area contributed by atoms with E-state index in [1.165, 1.54) is 0 Å². The van der Waals surface area contributed by atoms with Crippen molar-refractivity contribution in [2.45, 2.75) is 26.4 Å². The summed E-state index contributed by atoms with van der Waals surface area (Å²) in [5.41, 5.74) is 4.87. The molecule has 1 amide bonds. The smallest absolute Gasteiger partial charge is 0.419 e.